The Kier molecular flexibility index (Phi) is 4.11. The third-order valence-electron chi connectivity index (χ3n) is 3.31. The fraction of sp³-hybridized carbons (Fsp3) is 0.417. The standard InChI is InChI=1S/C12H12F3N3O4/c13-7-1-2-9(10(3-7)18(21)22)16-5-8-4-12(14,15)6-17(8)11(19)20/h1-3,8,16H,4-6H2,(H,19,20). The SMILES string of the molecule is O=C(O)N1CC(F)(F)CC1CNc1ccc(F)cc1[N+](=O)[O-]. The predicted octanol–water partition coefficient (Wildman–Crippen LogP) is 2.53. The number of anilines is 1. The average Bonchev–Trinajstić information content (AvgIpc) is 2.72. The van der Waals surface area contributed by atoms with Crippen molar-refractivity contribution >= 4 is 17.5 Å². The smallest absolute Gasteiger partial charge is 0.407 e. The number of benzene rings is 1. The molecule has 0 radical (unpaired) electrons. The van der Waals surface area contributed by atoms with Crippen LogP contribution in [0.1, 0.15) is 6.42 Å². The summed E-state index contributed by atoms with van der Waals surface area (Å²) in [7, 11) is 0. The zero-order chi connectivity index (χ0) is 16.5. The van der Waals surface area contributed by atoms with Crippen LogP contribution in [-0.4, -0.2) is 46.1 Å². The first-order chi connectivity index (χ1) is 10.2. The summed E-state index contributed by atoms with van der Waals surface area (Å²) in [5, 5.41) is 22.3. The molecule has 0 bridgehead atoms. The van der Waals surface area contributed by atoms with Crippen molar-refractivity contribution in [3.8, 4) is 0 Å². The lowest BCUT2D eigenvalue weighted by Gasteiger charge is -2.21. The monoisotopic (exact) mass is 319 g/mol. The zero-order valence-electron chi connectivity index (χ0n) is 11.1. The van der Waals surface area contributed by atoms with Crippen LogP contribution in [0.5, 0.6) is 0 Å². The molecule has 2 N–H and O–H groups in total. The van der Waals surface area contributed by atoms with Crippen LogP contribution in [0.3, 0.4) is 0 Å². The number of amides is 1. The molecule has 1 aliphatic heterocycles. The molecule has 22 heavy (non-hydrogen) atoms. The second kappa shape index (κ2) is 5.70. The van der Waals surface area contributed by atoms with Gasteiger partial charge in [-0.2, -0.15) is 0 Å². The van der Waals surface area contributed by atoms with Gasteiger partial charge in [-0.15, -0.1) is 0 Å². The molecule has 0 spiro atoms. The molecule has 7 nitrogen and oxygen atoms in total. The number of nitro groups is 1. The highest BCUT2D eigenvalue weighted by molar-refractivity contribution is 5.66. The Morgan fingerprint density at radius 3 is 2.82 bits per heavy atom. The molecule has 1 aliphatic rings. The maximum atomic E-state index is 13.3. The van der Waals surface area contributed by atoms with E-state index in [1.54, 1.807) is 0 Å². The van der Waals surface area contributed by atoms with Gasteiger partial charge in [-0.1, -0.05) is 0 Å². The van der Waals surface area contributed by atoms with Gasteiger partial charge in [0, 0.05) is 13.0 Å². The Hall–Kier alpha value is -2.52. The van der Waals surface area contributed by atoms with E-state index < -0.39 is 47.5 Å². The Balaban J connectivity index is 2.13. The second-order valence-corrected chi connectivity index (χ2v) is 4.92. The summed E-state index contributed by atoms with van der Waals surface area (Å²) in [5.41, 5.74) is -0.612. The van der Waals surface area contributed by atoms with Gasteiger partial charge in [-0.25, -0.2) is 18.0 Å². The van der Waals surface area contributed by atoms with Crippen molar-refractivity contribution < 1.29 is 28.0 Å². The van der Waals surface area contributed by atoms with Crippen molar-refractivity contribution in [3.05, 3.63) is 34.1 Å². The van der Waals surface area contributed by atoms with Gasteiger partial charge in [0.2, 0.25) is 0 Å². The van der Waals surface area contributed by atoms with E-state index in [1.807, 2.05) is 0 Å². The van der Waals surface area contributed by atoms with Crippen LogP contribution in [0.15, 0.2) is 18.2 Å². The molecule has 1 unspecified atom stereocenters. The first kappa shape index (κ1) is 15.9. The van der Waals surface area contributed by atoms with Gasteiger partial charge in [-0.05, 0) is 12.1 Å². The van der Waals surface area contributed by atoms with Gasteiger partial charge in [-0.3, -0.25) is 15.0 Å². The molecule has 2 rings (SSSR count). The van der Waals surface area contributed by atoms with Crippen molar-refractivity contribution in [1.29, 1.82) is 0 Å². The topological polar surface area (TPSA) is 95.7 Å². The van der Waals surface area contributed by atoms with Crippen LogP contribution in [0.2, 0.25) is 0 Å². The molecule has 0 saturated carbocycles. The van der Waals surface area contributed by atoms with Crippen LogP contribution in [0.4, 0.5) is 29.3 Å². The van der Waals surface area contributed by atoms with E-state index in [-0.39, 0.29) is 12.2 Å². The Bertz CT molecular complexity index is 611. The molecular weight excluding hydrogens is 307 g/mol. The lowest BCUT2D eigenvalue weighted by Crippen LogP contribution is -2.39. The number of rotatable bonds is 4. The number of hydrogen-bond donors (Lipinski definition) is 2. The minimum Gasteiger partial charge on any atom is -0.465 e. The largest absolute Gasteiger partial charge is 0.465 e. The maximum Gasteiger partial charge on any atom is 0.407 e. The lowest BCUT2D eigenvalue weighted by atomic mass is 10.2. The number of nitrogens with one attached hydrogen (secondary N) is 1. The highest BCUT2D eigenvalue weighted by Gasteiger charge is 2.47. The molecule has 1 aromatic carbocycles. The van der Waals surface area contributed by atoms with Gasteiger partial charge >= 0.3 is 6.09 Å². The van der Waals surface area contributed by atoms with Gasteiger partial charge in [0.25, 0.3) is 11.6 Å². The first-order valence-electron chi connectivity index (χ1n) is 6.25. The van der Waals surface area contributed by atoms with Crippen molar-refractivity contribution in [2.75, 3.05) is 18.4 Å². The van der Waals surface area contributed by atoms with Crippen LogP contribution in [-0.2, 0) is 0 Å². The summed E-state index contributed by atoms with van der Waals surface area (Å²) in [5.74, 6) is -3.95. The summed E-state index contributed by atoms with van der Waals surface area (Å²) in [6.07, 6.45) is -2.17. The summed E-state index contributed by atoms with van der Waals surface area (Å²) in [6, 6.07) is 1.75. The number of hydrogen-bond acceptors (Lipinski definition) is 4. The number of alkyl halides is 2. The van der Waals surface area contributed by atoms with E-state index in [0.29, 0.717) is 11.0 Å². The molecule has 1 fully saturated rings. The zero-order valence-corrected chi connectivity index (χ0v) is 11.1. The third-order valence-corrected chi connectivity index (χ3v) is 3.31. The number of nitro benzene ring substituents is 1. The number of carboxylic acid groups (broad SMARTS) is 1. The second-order valence-electron chi connectivity index (χ2n) is 4.92. The predicted molar refractivity (Wildman–Crippen MR) is 69.6 cm³/mol. The van der Waals surface area contributed by atoms with Crippen molar-refractivity contribution in [2.45, 2.75) is 18.4 Å². The minimum atomic E-state index is -3.14. The fourth-order valence-corrected chi connectivity index (χ4v) is 2.34. The van der Waals surface area contributed by atoms with Gasteiger partial charge in [0.1, 0.15) is 11.5 Å². The minimum absolute atomic E-state index is 0.0630. The quantitative estimate of drug-likeness (QED) is 0.657. The normalized spacial score (nSPS) is 20.0. The summed E-state index contributed by atoms with van der Waals surface area (Å²) < 4.78 is 39.6. The molecular formula is C12H12F3N3O4. The lowest BCUT2D eigenvalue weighted by molar-refractivity contribution is -0.384. The summed E-state index contributed by atoms with van der Waals surface area (Å²) >= 11 is 0. The van der Waals surface area contributed by atoms with E-state index in [1.165, 1.54) is 0 Å². The number of halogens is 3. The molecule has 1 saturated heterocycles. The summed E-state index contributed by atoms with van der Waals surface area (Å²) in [4.78, 5) is 21.5. The molecule has 1 aromatic rings. The number of nitrogens with zero attached hydrogens (tertiary/aromatic N) is 2. The molecule has 0 aliphatic carbocycles. The fourth-order valence-electron chi connectivity index (χ4n) is 2.34. The molecule has 120 valence electrons. The van der Waals surface area contributed by atoms with E-state index in [9.17, 15) is 28.1 Å². The molecule has 0 aromatic heterocycles. The van der Waals surface area contributed by atoms with Gasteiger partial charge < -0.3 is 10.4 Å². The van der Waals surface area contributed by atoms with E-state index >= 15 is 0 Å². The average molecular weight is 319 g/mol. The van der Waals surface area contributed by atoms with Gasteiger partial charge in [0.15, 0.2) is 0 Å². The van der Waals surface area contributed by atoms with Crippen LogP contribution < -0.4 is 5.32 Å². The number of carbonyl (C=O) groups is 1. The van der Waals surface area contributed by atoms with E-state index in [0.717, 1.165) is 12.1 Å². The number of likely N-dealkylation sites (tertiary alicyclic amines) is 1. The maximum absolute atomic E-state index is 13.3. The molecule has 1 atom stereocenters. The van der Waals surface area contributed by atoms with Crippen molar-refractivity contribution in [1.82, 2.24) is 4.90 Å². The third kappa shape index (κ3) is 3.38. The Labute approximate surface area is 122 Å². The highest BCUT2D eigenvalue weighted by atomic mass is 19.3. The van der Waals surface area contributed by atoms with E-state index in [4.69, 9.17) is 5.11 Å². The summed E-state index contributed by atoms with van der Waals surface area (Å²) in [6.45, 7) is -1.16. The Morgan fingerprint density at radius 2 is 2.23 bits per heavy atom. The van der Waals surface area contributed by atoms with Crippen molar-refractivity contribution in [2.24, 2.45) is 0 Å². The van der Waals surface area contributed by atoms with E-state index in [2.05, 4.69) is 5.32 Å². The first-order valence-corrected chi connectivity index (χ1v) is 6.25. The van der Waals surface area contributed by atoms with Crippen LogP contribution >= 0.6 is 0 Å². The van der Waals surface area contributed by atoms with Crippen LogP contribution in [0.25, 0.3) is 0 Å². The molecule has 1 amide bonds. The van der Waals surface area contributed by atoms with Crippen molar-refractivity contribution in [3.63, 3.8) is 0 Å². The molecule has 1 heterocycles. The Morgan fingerprint density at radius 1 is 1.55 bits per heavy atom. The molecule has 10 heteroatoms. The van der Waals surface area contributed by atoms with Gasteiger partial charge in [0.05, 0.1) is 23.6 Å². The van der Waals surface area contributed by atoms with Crippen LogP contribution in [0, 0.1) is 15.9 Å². The highest BCUT2D eigenvalue weighted by Crippen LogP contribution is 2.33.